The fourth-order valence-corrected chi connectivity index (χ4v) is 1.67. The summed E-state index contributed by atoms with van der Waals surface area (Å²) in [5, 5.41) is 0. The number of hydrazine groups is 1. The first kappa shape index (κ1) is 13.6. The molecule has 0 aromatic heterocycles. The van der Waals surface area contributed by atoms with Crippen molar-refractivity contribution in [2.75, 3.05) is 13.6 Å². The molecular weight excluding hydrogens is 221 g/mol. The second-order valence-corrected chi connectivity index (χ2v) is 4.20. The van der Waals surface area contributed by atoms with Crippen molar-refractivity contribution >= 4 is 5.91 Å². The van der Waals surface area contributed by atoms with Crippen LogP contribution in [0.15, 0.2) is 24.3 Å². The third-order valence-electron chi connectivity index (χ3n) is 2.57. The minimum absolute atomic E-state index is 0.217. The van der Waals surface area contributed by atoms with E-state index in [1.165, 1.54) is 6.07 Å². The summed E-state index contributed by atoms with van der Waals surface area (Å²) in [5.41, 5.74) is 2.73. The molecule has 0 radical (unpaired) electrons. The summed E-state index contributed by atoms with van der Waals surface area (Å²) in [6, 6.07) is 6.62. The maximum absolute atomic E-state index is 13.4. The molecule has 0 heterocycles. The van der Waals surface area contributed by atoms with E-state index in [0.717, 1.165) is 0 Å². The summed E-state index contributed by atoms with van der Waals surface area (Å²) in [5.74, 6) is 4.38. The zero-order valence-corrected chi connectivity index (χ0v) is 10.1. The topological polar surface area (TPSA) is 58.4 Å². The van der Waals surface area contributed by atoms with E-state index in [1.54, 1.807) is 25.1 Å². The maximum Gasteiger partial charge on any atom is 0.237 e. The Morgan fingerprint density at radius 2 is 2.18 bits per heavy atom. The van der Waals surface area contributed by atoms with E-state index >= 15 is 0 Å². The second kappa shape index (κ2) is 6.32. The molecule has 1 aromatic rings. The van der Waals surface area contributed by atoms with Crippen LogP contribution in [0.25, 0.3) is 0 Å². The molecule has 0 saturated heterocycles. The lowest BCUT2D eigenvalue weighted by molar-refractivity contribution is -0.125. The van der Waals surface area contributed by atoms with Crippen LogP contribution in [0.3, 0.4) is 0 Å². The van der Waals surface area contributed by atoms with Crippen molar-refractivity contribution in [1.29, 1.82) is 0 Å². The second-order valence-electron chi connectivity index (χ2n) is 4.20. The third-order valence-corrected chi connectivity index (χ3v) is 2.57. The van der Waals surface area contributed by atoms with E-state index in [2.05, 4.69) is 5.43 Å². The van der Waals surface area contributed by atoms with Crippen molar-refractivity contribution in [2.45, 2.75) is 13.5 Å². The van der Waals surface area contributed by atoms with Gasteiger partial charge in [0.25, 0.3) is 0 Å². The lowest BCUT2D eigenvalue weighted by atomic mass is 10.1. The van der Waals surface area contributed by atoms with Crippen LogP contribution in [0.1, 0.15) is 12.5 Å². The van der Waals surface area contributed by atoms with Crippen LogP contribution < -0.4 is 11.3 Å². The van der Waals surface area contributed by atoms with E-state index in [1.807, 2.05) is 11.9 Å². The Bertz CT molecular complexity index is 384. The number of halogens is 1. The van der Waals surface area contributed by atoms with Crippen molar-refractivity contribution in [1.82, 2.24) is 10.3 Å². The van der Waals surface area contributed by atoms with Gasteiger partial charge in [-0.15, -0.1) is 0 Å². The van der Waals surface area contributed by atoms with E-state index in [-0.39, 0.29) is 17.6 Å². The van der Waals surface area contributed by atoms with Crippen LogP contribution in [0, 0.1) is 11.7 Å². The van der Waals surface area contributed by atoms with Crippen LogP contribution in [-0.4, -0.2) is 24.4 Å². The van der Waals surface area contributed by atoms with E-state index in [0.29, 0.717) is 18.7 Å². The SMILES string of the molecule is CC(CN(C)Cc1ccccc1F)C(=O)NN. The highest BCUT2D eigenvalue weighted by Gasteiger charge is 2.14. The van der Waals surface area contributed by atoms with Gasteiger partial charge in [0.2, 0.25) is 5.91 Å². The number of benzene rings is 1. The molecule has 0 saturated carbocycles. The van der Waals surface area contributed by atoms with Gasteiger partial charge >= 0.3 is 0 Å². The fourth-order valence-electron chi connectivity index (χ4n) is 1.67. The van der Waals surface area contributed by atoms with Gasteiger partial charge in [0.1, 0.15) is 5.82 Å². The van der Waals surface area contributed by atoms with Crippen LogP contribution >= 0.6 is 0 Å². The summed E-state index contributed by atoms with van der Waals surface area (Å²) < 4.78 is 13.4. The number of hydrogen-bond donors (Lipinski definition) is 2. The highest BCUT2D eigenvalue weighted by molar-refractivity contribution is 5.77. The molecule has 0 aliphatic carbocycles. The molecule has 3 N–H and O–H groups in total. The van der Waals surface area contributed by atoms with Gasteiger partial charge in [-0.25, -0.2) is 10.2 Å². The van der Waals surface area contributed by atoms with Gasteiger partial charge in [-0.2, -0.15) is 0 Å². The summed E-state index contributed by atoms with van der Waals surface area (Å²) >= 11 is 0. The molecule has 5 heteroatoms. The van der Waals surface area contributed by atoms with Gasteiger partial charge in [-0.1, -0.05) is 25.1 Å². The van der Waals surface area contributed by atoms with Crippen LogP contribution in [-0.2, 0) is 11.3 Å². The Morgan fingerprint density at radius 1 is 1.53 bits per heavy atom. The molecule has 0 bridgehead atoms. The molecule has 94 valence electrons. The first-order valence-electron chi connectivity index (χ1n) is 5.47. The summed E-state index contributed by atoms with van der Waals surface area (Å²) in [7, 11) is 1.84. The van der Waals surface area contributed by atoms with Crippen LogP contribution in [0.5, 0.6) is 0 Å². The average Bonchev–Trinajstić information content (AvgIpc) is 2.31. The Balaban J connectivity index is 2.53. The number of hydrogen-bond acceptors (Lipinski definition) is 3. The zero-order valence-electron chi connectivity index (χ0n) is 10.1. The molecule has 4 nitrogen and oxygen atoms in total. The Morgan fingerprint density at radius 3 is 2.76 bits per heavy atom. The highest BCUT2D eigenvalue weighted by Crippen LogP contribution is 2.10. The molecule has 1 unspecified atom stereocenters. The third kappa shape index (κ3) is 4.13. The van der Waals surface area contributed by atoms with Gasteiger partial charge in [0.15, 0.2) is 0 Å². The lowest BCUT2D eigenvalue weighted by Crippen LogP contribution is -2.39. The molecule has 1 amide bonds. The lowest BCUT2D eigenvalue weighted by Gasteiger charge is -2.20. The van der Waals surface area contributed by atoms with Crippen LogP contribution in [0.2, 0.25) is 0 Å². The number of nitrogens with zero attached hydrogens (tertiary/aromatic N) is 1. The zero-order chi connectivity index (χ0) is 12.8. The van der Waals surface area contributed by atoms with Gasteiger partial charge in [0.05, 0.1) is 0 Å². The van der Waals surface area contributed by atoms with Gasteiger partial charge in [0, 0.05) is 24.6 Å². The number of nitrogens with one attached hydrogen (secondary N) is 1. The van der Waals surface area contributed by atoms with Gasteiger partial charge in [-0.3, -0.25) is 10.2 Å². The highest BCUT2D eigenvalue weighted by atomic mass is 19.1. The van der Waals surface area contributed by atoms with Crippen molar-refractivity contribution < 1.29 is 9.18 Å². The number of nitrogens with two attached hydrogens (primary N) is 1. The molecule has 1 atom stereocenters. The Kier molecular flexibility index (Phi) is 5.06. The van der Waals surface area contributed by atoms with Crippen molar-refractivity contribution in [2.24, 2.45) is 11.8 Å². The smallest absolute Gasteiger partial charge is 0.237 e. The normalized spacial score (nSPS) is 12.5. The molecular formula is C12H18FN3O. The molecule has 0 spiro atoms. The fraction of sp³-hybridized carbons (Fsp3) is 0.417. The predicted molar refractivity (Wildman–Crippen MR) is 64.2 cm³/mol. The molecule has 1 rings (SSSR count). The summed E-state index contributed by atoms with van der Waals surface area (Å²) in [4.78, 5) is 13.1. The molecule has 0 aliphatic heterocycles. The first-order chi connectivity index (χ1) is 8.04. The number of carbonyl (C=O) groups excluding carboxylic acids is 1. The number of amides is 1. The van der Waals surface area contributed by atoms with E-state index in [4.69, 9.17) is 5.84 Å². The van der Waals surface area contributed by atoms with Crippen molar-refractivity contribution in [3.63, 3.8) is 0 Å². The Labute approximate surface area is 101 Å². The summed E-state index contributed by atoms with van der Waals surface area (Å²) in [6.45, 7) is 2.77. The van der Waals surface area contributed by atoms with Crippen molar-refractivity contribution in [3.05, 3.63) is 35.6 Å². The standard InChI is InChI=1S/C12H18FN3O/c1-9(12(17)15-14)7-16(2)8-10-5-3-4-6-11(10)13/h3-6,9H,7-8,14H2,1-2H3,(H,15,17). The Hall–Kier alpha value is -1.46. The van der Waals surface area contributed by atoms with Gasteiger partial charge < -0.3 is 4.90 Å². The van der Waals surface area contributed by atoms with E-state index < -0.39 is 0 Å². The quantitative estimate of drug-likeness (QED) is 0.455. The first-order valence-corrected chi connectivity index (χ1v) is 5.47. The van der Waals surface area contributed by atoms with Crippen molar-refractivity contribution in [3.8, 4) is 0 Å². The number of carbonyl (C=O) groups is 1. The minimum Gasteiger partial charge on any atom is -0.301 e. The van der Waals surface area contributed by atoms with Gasteiger partial charge in [-0.05, 0) is 13.1 Å². The predicted octanol–water partition coefficient (Wildman–Crippen LogP) is 0.884. The van der Waals surface area contributed by atoms with E-state index in [9.17, 15) is 9.18 Å². The van der Waals surface area contributed by atoms with Crippen LogP contribution in [0.4, 0.5) is 4.39 Å². The summed E-state index contributed by atoms with van der Waals surface area (Å²) in [6.07, 6.45) is 0. The monoisotopic (exact) mass is 239 g/mol. The largest absolute Gasteiger partial charge is 0.301 e. The molecule has 0 fully saturated rings. The molecule has 17 heavy (non-hydrogen) atoms. The molecule has 1 aromatic carbocycles. The maximum atomic E-state index is 13.4. The molecule has 0 aliphatic rings. The average molecular weight is 239 g/mol. The number of rotatable bonds is 5. The minimum atomic E-state index is -0.227.